The van der Waals surface area contributed by atoms with Crippen LogP contribution < -0.4 is 5.73 Å². The molecule has 0 amide bonds. The largest absolute Gasteiger partial charge is 0.381 e. The van der Waals surface area contributed by atoms with Gasteiger partial charge in [-0.15, -0.1) is 5.10 Å². The van der Waals surface area contributed by atoms with Gasteiger partial charge in [-0.05, 0) is 19.3 Å². The maximum absolute atomic E-state index is 5.78. The third-order valence-corrected chi connectivity index (χ3v) is 3.07. The van der Waals surface area contributed by atoms with Gasteiger partial charge >= 0.3 is 0 Å². The van der Waals surface area contributed by atoms with Gasteiger partial charge in [0.2, 0.25) is 5.89 Å². The van der Waals surface area contributed by atoms with Crippen LogP contribution in [0.15, 0.2) is 4.52 Å². The summed E-state index contributed by atoms with van der Waals surface area (Å²) in [5.74, 6) is 2.37. The second kappa shape index (κ2) is 4.40. The molecule has 0 aromatic carbocycles. The first-order valence-corrected chi connectivity index (χ1v) is 6.28. The van der Waals surface area contributed by atoms with Crippen molar-refractivity contribution < 1.29 is 4.52 Å². The van der Waals surface area contributed by atoms with Gasteiger partial charge in [0.1, 0.15) is 6.54 Å². The Morgan fingerprint density at radius 2 is 2.28 bits per heavy atom. The molecule has 0 spiro atoms. The molecule has 0 radical (unpaired) electrons. The van der Waals surface area contributed by atoms with E-state index in [2.05, 4.69) is 27.4 Å². The Kier molecular flexibility index (Phi) is 2.73. The molecule has 7 heteroatoms. The highest BCUT2D eigenvalue weighted by Gasteiger charge is 2.28. The smallest absolute Gasteiger partial charge is 0.248 e. The van der Waals surface area contributed by atoms with E-state index >= 15 is 0 Å². The SMILES string of the molecule is CCCc1c(N)nnn1Cc1nc(C2CC2)no1. The third-order valence-electron chi connectivity index (χ3n) is 3.07. The first-order chi connectivity index (χ1) is 8.78. The number of hydrogen-bond donors (Lipinski definition) is 1. The monoisotopic (exact) mass is 248 g/mol. The molecule has 0 unspecified atom stereocenters. The van der Waals surface area contributed by atoms with Crippen LogP contribution in [0.1, 0.15) is 49.5 Å². The van der Waals surface area contributed by atoms with E-state index < -0.39 is 0 Å². The Hall–Kier alpha value is -1.92. The van der Waals surface area contributed by atoms with E-state index in [0.29, 0.717) is 24.2 Å². The van der Waals surface area contributed by atoms with E-state index in [1.54, 1.807) is 4.68 Å². The first-order valence-electron chi connectivity index (χ1n) is 6.28. The van der Waals surface area contributed by atoms with Gasteiger partial charge in [-0.1, -0.05) is 23.7 Å². The molecule has 96 valence electrons. The van der Waals surface area contributed by atoms with E-state index in [4.69, 9.17) is 10.3 Å². The normalized spacial score (nSPS) is 15.2. The van der Waals surface area contributed by atoms with Crippen LogP contribution >= 0.6 is 0 Å². The standard InChI is InChI=1S/C11H16N6O/c1-2-3-8-10(12)14-16-17(8)6-9-13-11(15-18-9)7-4-5-7/h7H,2-6,12H2,1H3. The first kappa shape index (κ1) is 11.2. The molecule has 18 heavy (non-hydrogen) atoms. The molecule has 0 bridgehead atoms. The third kappa shape index (κ3) is 2.07. The van der Waals surface area contributed by atoms with E-state index in [1.165, 1.54) is 0 Å². The lowest BCUT2D eigenvalue weighted by molar-refractivity contribution is 0.358. The molecular weight excluding hydrogens is 232 g/mol. The van der Waals surface area contributed by atoms with Gasteiger partial charge in [0.25, 0.3) is 0 Å². The van der Waals surface area contributed by atoms with Crippen molar-refractivity contribution in [2.45, 2.75) is 45.1 Å². The van der Waals surface area contributed by atoms with Crippen molar-refractivity contribution in [1.29, 1.82) is 0 Å². The molecule has 0 aliphatic heterocycles. The fourth-order valence-electron chi connectivity index (χ4n) is 1.93. The maximum atomic E-state index is 5.78. The second-order valence-electron chi connectivity index (χ2n) is 4.65. The lowest BCUT2D eigenvalue weighted by Gasteiger charge is -2.02. The Morgan fingerprint density at radius 1 is 1.44 bits per heavy atom. The molecule has 1 aliphatic carbocycles. The lowest BCUT2D eigenvalue weighted by Crippen LogP contribution is -2.07. The summed E-state index contributed by atoms with van der Waals surface area (Å²) in [5, 5.41) is 11.9. The summed E-state index contributed by atoms with van der Waals surface area (Å²) < 4.78 is 6.96. The van der Waals surface area contributed by atoms with Gasteiger partial charge in [-0.2, -0.15) is 4.98 Å². The summed E-state index contributed by atoms with van der Waals surface area (Å²) >= 11 is 0. The van der Waals surface area contributed by atoms with Crippen molar-refractivity contribution in [3.05, 3.63) is 17.4 Å². The topological polar surface area (TPSA) is 95.7 Å². The predicted molar refractivity (Wildman–Crippen MR) is 63.8 cm³/mol. The van der Waals surface area contributed by atoms with Gasteiger partial charge in [0.15, 0.2) is 11.6 Å². The molecule has 2 aromatic rings. The summed E-state index contributed by atoms with van der Waals surface area (Å²) in [4.78, 5) is 4.37. The highest BCUT2D eigenvalue weighted by Crippen LogP contribution is 2.38. The number of hydrogen-bond acceptors (Lipinski definition) is 6. The van der Waals surface area contributed by atoms with Gasteiger partial charge in [-0.3, -0.25) is 0 Å². The molecule has 3 rings (SSSR count). The van der Waals surface area contributed by atoms with Crippen molar-refractivity contribution in [3.8, 4) is 0 Å². The maximum Gasteiger partial charge on any atom is 0.248 e. The van der Waals surface area contributed by atoms with Crippen LogP contribution in [0.4, 0.5) is 5.82 Å². The van der Waals surface area contributed by atoms with Crippen LogP contribution in [0.2, 0.25) is 0 Å². The fraction of sp³-hybridized carbons (Fsp3) is 0.636. The van der Waals surface area contributed by atoms with E-state index in [-0.39, 0.29) is 0 Å². The predicted octanol–water partition coefficient (Wildman–Crippen LogP) is 1.12. The molecule has 7 nitrogen and oxygen atoms in total. The van der Waals surface area contributed by atoms with Crippen LogP contribution in [-0.2, 0) is 13.0 Å². The van der Waals surface area contributed by atoms with Gasteiger partial charge in [0, 0.05) is 5.92 Å². The minimum absolute atomic E-state index is 0.444. The van der Waals surface area contributed by atoms with Gasteiger partial charge in [-0.25, -0.2) is 4.68 Å². The summed E-state index contributed by atoms with van der Waals surface area (Å²) in [7, 11) is 0. The van der Waals surface area contributed by atoms with E-state index in [0.717, 1.165) is 37.2 Å². The number of aromatic nitrogens is 5. The number of anilines is 1. The van der Waals surface area contributed by atoms with Gasteiger partial charge < -0.3 is 10.3 Å². The highest BCUT2D eigenvalue weighted by molar-refractivity contribution is 5.33. The highest BCUT2D eigenvalue weighted by atomic mass is 16.5. The average Bonchev–Trinajstić information content (AvgIpc) is 3.03. The second-order valence-corrected chi connectivity index (χ2v) is 4.65. The minimum atomic E-state index is 0.444. The summed E-state index contributed by atoms with van der Waals surface area (Å²) in [6.45, 7) is 2.54. The lowest BCUT2D eigenvalue weighted by atomic mass is 10.2. The van der Waals surface area contributed by atoms with Gasteiger partial charge in [0.05, 0.1) is 5.69 Å². The summed E-state index contributed by atoms with van der Waals surface area (Å²) in [6, 6.07) is 0. The number of nitrogens with two attached hydrogens (primary N) is 1. The molecular formula is C11H16N6O. The quantitative estimate of drug-likeness (QED) is 0.851. The van der Waals surface area contributed by atoms with Crippen LogP contribution in [0, 0.1) is 0 Å². The molecule has 0 saturated heterocycles. The molecule has 2 aromatic heterocycles. The molecule has 1 saturated carbocycles. The molecule has 1 fully saturated rings. The molecule has 0 atom stereocenters. The van der Waals surface area contributed by atoms with Crippen molar-refractivity contribution in [1.82, 2.24) is 25.1 Å². The van der Waals surface area contributed by atoms with Crippen LogP contribution in [0.5, 0.6) is 0 Å². The molecule has 1 aliphatic rings. The number of rotatable bonds is 5. The fourth-order valence-corrected chi connectivity index (χ4v) is 1.93. The Bertz CT molecular complexity index is 541. The van der Waals surface area contributed by atoms with Crippen LogP contribution in [-0.4, -0.2) is 25.1 Å². The molecule has 2 N–H and O–H groups in total. The summed E-state index contributed by atoms with van der Waals surface area (Å²) in [6.07, 6.45) is 4.17. The number of nitrogens with zero attached hydrogens (tertiary/aromatic N) is 5. The van der Waals surface area contributed by atoms with Crippen molar-refractivity contribution in [3.63, 3.8) is 0 Å². The van der Waals surface area contributed by atoms with Crippen molar-refractivity contribution >= 4 is 5.82 Å². The van der Waals surface area contributed by atoms with Crippen LogP contribution in [0.3, 0.4) is 0 Å². The zero-order valence-corrected chi connectivity index (χ0v) is 10.3. The Morgan fingerprint density at radius 3 is 3.00 bits per heavy atom. The Balaban J connectivity index is 1.78. The number of nitrogen functional groups attached to an aromatic ring is 1. The Labute approximate surface area is 104 Å². The summed E-state index contributed by atoms with van der Waals surface area (Å²) in [5.41, 5.74) is 6.72. The van der Waals surface area contributed by atoms with Crippen molar-refractivity contribution in [2.75, 3.05) is 5.73 Å². The average molecular weight is 248 g/mol. The van der Waals surface area contributed by atoms with Crippen molar-refractivity contribution in [2.24, 2.45) is 0 Å². The zero-order chi connectivity index (χ0) is 12.5. The van der Waals surface area contributed by atoms with E-state index in [9.17, 15) is 0 Å². The van der Waals surface area contributed by atoms with Crippen LogP contribution in [0.25, 0.3) is 0 Å². The zero-order valence-electron chi connectivity index (χ0n) is 10.3. The minimum Gasteiger partial charge on any atom is -0.381 e. The molecule has 2 heterocycles. The van der Waals surface area contributed by atoms with E-state index in [1.807, 2.05) is 0 Å².